The number of halogens is 2. The van der Waals surface area contributed by atoms with Gasteiger partial charge in [-0.25, -0.2) is 0 Å². The lowest BCUT2D eigenvalue weighted by Gasteiger charge is -2.20. The van der Waals surface area contributed by atoms with Crippen LogP contribution >= 0.6 is 27.5 Å². The molecule has 0 amide bonds. The highest BCUT2D eigenvalue weighted by Crippen LogP contribution is 2.32. The third kappa shape index (κ3) is 2.70. The van der Waals surface area contributed by atoms with Crippen molar-refractivity contribution >= 4 is 33.2 Å². The number of hydrogen-bond donors (Lipinski definition) is 1. The molecule has 1 aliphatic rings. The van der Waals surface area contributed by atoms with Crippen molar-refractivity contribution in [3.05, 3.63) is 27.7 Å². The second-order valence-corrected chi connectivity index (χ2v) is 5.54. The lowest BCUT2D eigenvalue weighted by molar-refractivity contribution is 0.549. The van der Waals surface area contributed by atoms with E-state index < -0.39 is 0 Å². The molecule has 0 aromatic heterocycles. The summed E-state index contributed by atoms with van der Waals surface area (Å²) in [6.45, 7) is 3.32. The van der Waals surface area contributed by atoms with Crippen LogP contribution in [0.5, 0.6) is 0 Å². The third-order valence-electron chi connectivity index (χ3n) is 3.03. The van der Waals surface area contributed by atoms with Gasteiger partial charge in [0.1, 0.15) is 0 Å². The molecule has 0 bridgehead atoms. The fourth-order valence-corrected chi connectivity index (χ4v) is 2.90. The highest BCUT2D eigenvalue weighted by Gasteiger charge is 2.23. The Hall–Kier alpha value is -0.250. The minimum Gasteiger partial charge on any atom is -0.370 e. The van der Waals surface area contributed by atoms with Crippen molar-refractivity contribution < 1.29 is 0 Å². The van der Waals surface area contributed by atoms with E-state index in [1.165, 1.54) is 12.1 Å². The molecule has 4 heteroatoms. The SMILES string of the molecule is CNCC1CCN(c2cc(Cl)ccc2Br)C1. The van der Waals surface area contributed by atoms with Crippen LogP contribution in [0.4, 0.5) is 5.69 Å². The van der Waals surface area contributed by atoms with Gasteiger partial charge in [-0.1, -0.05) is 11.6 Å². The van der Waals surface area contributed by atoms with Crippen molar-refractivity contribution in [2.45, 2.75) is 6.42 Å². The van der Waals surface area contributed by atoms with Gasteiger partial charge in [0.05, 0.1) is 5.69 Å². The summed E-state index contributed by atoms with van der Waals surface area (Å²) >= 11 is 9.62. The average molecular weight is 304 g/mol. The number of benzene rings is 1. The van der Waals surface area contributed by atoms with Crippen LogP contribution in [0, 0.1) is 5.92 Å². The first-order valence-electron chi connectivity index (χ1n) is 5.55. The Morgan fingerprint density at radius 3 is 3.12 bits per heavy atom. The molecule has 1 fully saturated rings. The van der Waals surface area contributed by atoms with Gasteiger partial charge in [0.25, 0.3) is 0 Å². The molecule has 88 valence electrons. The smallest absolute Gasteiger partial charge is 0.0525 e. The van der Waals surface area contributed by atoms with E-state index in [2.05, 4.69) is 26.1 Å². The molecular formula is C12H16BrClN2. The molecule has 1 aromatic carbocycles. The van der Waals surface area contributed by atoms with Crippen LogP contribution in [0.15, 0.2) is 22.7 Å². The van der Waals surface area contributed by atoms with Crippen molar-refractivity contribution in [2.75, 3.05) is 31.6 Å². The van der Waals surface area contributed by atoms with Crippen LogP contribution in [0.3, 0.4) is 0 Å². The highest BCUT2D eigenvalue weighted by atomic mass is 79.9. The van der Waals surface area contributed by atoms with Crippen molar-refractivity contribution in [2.24, 2.45) is 5.92 Å². The highest BCUT2D eigenvalue weighted by molar-refractivity contribution is 9.10. The maximum absolute atomic E-state index is 6.03. The molecule has 1 unspecified atom stereocenters. The Labute approximate surface area is 110 Å². The van der Waals surface area contributed by atoms with Gasteiger partial charge >= 0.3 is 0 Å². The Morgan fingerprint density at radius 2 is 2.38 bits per heavy atom. The average Bonchev–Trinajstić information content (AvgIpc) is 2.71. The monoisotopic (exact) mass is 302 g/mol. The Balaban J connectivity index is 2.11. The fourth-order valence-electron chi connectivity index (χ4n) is 2.23. The van der Waals surface area contributed by atoms with E-state index in [4.69, 9.17) is 11.6 Å². The first-order valence-corrected chi connectivity index (χ1v) is 6.72. The lowest BCUT2D eigenvalue weighted by Crippen LogP contribution is -2.24. The van der Waals surface area contributed by atoms with Gasteiger partial charge < -0.3 is 10.2 Å². The number of nitrogens with zero attached hydrogens (tertiary/aromatic N) is 1. The summed E-state index contributed by atoms with van der Waals surface area (Å²) in [6.07, 6.45) is 1.25. The molecule has 2 rings (SSSR count). The van der Waals surface area contributed by atoms with E-state index in [0.717, 1.165) is 35.0 Å². The van der Waals surface area contributed by atoms with Gasteiger partial charge in [-0.15, -0.1) is 0 Å². The first kappa shape index (κ1) is 12.2. The Kier molecular flexibility index (Phi) is 4.11. The summed E-state index contributed by atoms with van der Waals surface area (Å²) in [4.78, 5) is 2.40. The molecule has 1 heterocycles. The van der Waals surface area contributed by atoms with Crippen molar-refractivity contribution in [3.63, 3.8) is 0 Å². The van der Waals surface area contributed by atoms with E-state index in [-0.39, 0.29) is 0 Å². The quantitative estimate of drug-likeness (QED) is 0.923. The van der Waals surface area contributed by atoms with Crippen molar-refractivity contribution in [3.8, 4) is 0 Å². The van der Waals surface area contributed by atoms with E-state index in [9.17, 15) is 0 Å². The summed E-state index contributed by atoms with van der Waals surface area (Å²) in [6, 6.07) is 5.97. The van der Waals surface area contributed by atoms with Gasteiger partial charge in [-0.3, -0.25) is 0 Å². The summed E-state index contributed by atoms with van der Waals surface area (Å²) in [7, 11) is 2.01. The number of anilines is 1. The minimum absolute atomic E-state index is 0.746. The first-order chi connectivity index (χ1) is 7.70. The molecule has 2 nitrogen and oxygen atoms in total. The van der Waals surface area contributed by atoms with Gasteiger partial charge in [-0.05, 0) is 60.1 Å². The lowest BCUT2D eigenvalue weighted by atomic mass is 10.1. The summed E-state index contributed by atoms with van der Waals surface area (Å²) < 4.78 is 1.13. The number of nitrogens with one attached hydrogen (secondary N) is 1. The molecule has 1 N–H and O–H groups in total. The zero-order chi connectivity index (χ0) is 11.5. The van der Waals surface area contributed by atoms with Crippen LogP contribution in [0.25, 0.3) is 0 Å². The second kappa shape index (κ2) is 5.39. The van der Waals surface area contributed by atoms with Gasteiger partial charge in [0.15, 0.2) is 0 Å². The summed E-state index contributed by atoms with van der Waals surface area (Å²) in [5, 5.41) is 4.04. The van der Waals surface area contributed by atoms with Crippen molar-refractivity contribution in [1.29, 1.82) is 0 Å². The zero-order valence-electron chi connectivity index (χ0n) is 9.34. The van der Waals surface area contributed by atoms with E-state index in [1.54, 1.807) is 0 Å². The van der Waals surface area contributed by atoms with Crippen molar-refractivity contribution in [1.82, 2.24) is 5.32 Å². The van der Waals surface area contributed by atoms with Crippen LogP contribution in [0.1, 0.15) is 6.42 Å². The maximum Gasteiger partial charge on any atom is 0.0525 e. The summed E-state index contributed by atoms with van der Waals surface area (Å²) in [5.41, 5.74) is 1.21. The molecule has 0 radical (unpaired) electrons. The zero-order valence-corrected chi connectivity index (χ0v) is 11.7. The van der Waals surface area contributed by atoms with Gasteiger partial charge in [0.2, 0.25) is 0 Å². The minimum atomic E-state index is 0.746. The van der Waals surface area contributed by atoms with Crippen LogP contribution in [-0.2, 0) is 0 Å². The fraction of sp³-hybridized carbons (Fsp3) is 0.500. The normalized spacial score (nSPS) is 20.4. The van der Waals surface area contributed by atoms with Crippen LogP contribution in [0.2, 0.25) is 5.02 Å². The predicted octanol–water partition coefficient (Wildman–Crippen LogP) is 3.15. The second-order valence-electron chi connectivity index (χ2n) is 4.25. The predicted molar refractivity (Wildman–Crippen MR) is 73.4 cm³/mol. The molecule has 16 heavy (non-hydrogen) atoms. The molecule has 0 spiro atoms. The van der Waals surface area contributed by atoms with E-state index >= 15 is 0 Å². The Morgan fingerprint density at radius 1 is 1.56 bits per heavy atom. The molecule has 1 saturated heterocycles. The molecule has 0 aliphatic carbocycles. The van der Waals surface area contributed by atoms with Gasteiger partial charge in [0, 0.05) is 22.6 Å². The van der Waals surface area contributed by atoms with E-state index in [0.29, 0.717) is 0 Å². The van der Waals surface area contributed by atoms with E-state index in [1.807, 2.05) is 25.2 Å². The standard InChI is InChI=1S/C12H16BrClN2/c1-15-7-9-4-5-16(8-9)12-6-10(14)2-3-11(12)13/h2-3,6,9,15H,4-5,7-8H2,1H3. The third-order valence-corrected chi connectivity index (χ3v) is 3.93. The van der Waals surface area contributed by atoms with Crippen LogP contribution in [-0.4, -0.2) is 26.7 Å². The molecule has 0 saturated carbocycles. The number of hydrogen-bond acceptors (Lipinski definition) is 2. The van der Waals surface area contributed by atoms with Gasteiger partial charge in [-0.2, -0.15) is 0 Å². The molecule has 1 aromatic rings. The van der Waals surface area contributed by atoms with Crippen LogP contribution < -0.4 is 10.2 Å². The number of rotatable bonds is 3. The Bertz CT molecular complexity index is 370. The largest absolute Gasteiger partial charge is 0.370 e. The summed E-state index contributed by atoms with van der Waals surface area (Å²) in [5.74, 6) is 0.746. The molecule has 1 atom stereocenters. The maximum atomic E-state index is 6.03. The molecular weight excluding hydrogens is 288 g/mol. The molecule has 1 aliphatic heterocycles. The topological polar surface area (TPSA) is 15.3 Å².